The fourth-order valence-electron chi connectivity index (χ4n) is 9.92. The van der Waals surface area contributed by atoms with Crippen LogP contribution >= 0.6 is 164 Å². The molecule has 0 amide bonds. The number of methoxy groups -OCH3 is 1. The molecule has 26 heteroatoms. The molecule has 2 atom stereocenters. The van der Waals surface area contributed by atoms with Gasteiger partial charge in [0.05, 0.1) is 6.10 Å². The van der Waals surface area contributed by atoms with E-state index in [1.54, 1.807) is 92.7 Å². The van der Waals surface area contributed by atoms with Crippen LogP contribution in [0.2, 0.25) is 20.1 Å². The van der Waals surface area contributed by atoms with E-state index in [2.05, 4.69) is 160 Å². The fourth-order valence-corrected chi connectivity index (χ4v) is 18.1. The number of nitrogens with zero attached hydrogens (tertiary/aromatic N) is 5. The third kappa shape index (κ3) is 34.9. The quantitative estimate of drug-likeness (QED) is 0.0220. The zero-order valence-electron chi connectivity index (χ0n) is 61.4. The summed E-state index contributed by atoms with van der Waals surface area (Å²) in [6.07, 6.45) is 14.5. The van der Waals surface area contributed by atoms with Gasteiger partial charge in [-0.1, -0.05) is 100 Å². The van der Waals surface area contributed by atoms with E-state index in [0.717, 1.165) is 109 Å². The number of ketones is 1. The number of Topliss-reactive ketones (excluding diaryl/α,β-unsaturated/α-hetero) is 1. The number of benzene rings is 7. The van der Waals surface area contributed by atoms with E-state index >= 15 is 0 Å². The summed E-state index contributed by atoms with van der Waals surface area (Å²) in [7, 11) is 2.80. The third-order valence-electron chi connectivity index (χ3n) is 15.2. The molecule has 0 aliphatic carbocycles. The Morgan fingerprint density at radius 3 is 1.34 bits per heavy atom. The molecule has 0 saturated carbocycles. The van der Waals surface area contributed by atoms with Crippen LogP contribution in [0.4, 0.5) is 0 Å². The number of nitrogens with two attached hydrogens (primary N) is 1. The first kappa shape index (κ1) is 99.1. The SMILES string of the molecule is C1CCOC1.COCP(Cl)(c1ccccc1)(c1ccccc1)c1ccccc1.CPC.Cl.Clc1c[c-]ccc1.NC(Cc1cccnc1Br)c1cccc(Cl)c1.O=C(Cc1cccnc1Br)c1cccc(Cl)c1.O=CCc1cccnc1Br.O=Cc1cccnc1Br.OC(Cc1cccnc1Br)c1cccc(Cl)c1.[H-].[Mg+2]. The van der Waals surface area contributed by atoms with Gasteiger partial charge >= 0.3 is 165 Å². The van der Waals surface area contributed by atoms with Crippen molar-refractivity contribution in [3.05, 3.63) is 373 Å². The first-order chi connectivity index (χ1) is 52.2. The number of carbonyl (C=O) groups excluding carboxylic acids is 3. The summed E-state index contributed by atoms with van der Waals surface area (Å²) in [6, 6.07) is 81.3. The Kier molecular flexibility index (Phi) is 50.6. The minimum absolute atomic E-state index is 0. The van der Waals surface area contributed by atoms with Crippen LogP contribution in [0.25, 0.3) is 0 Å². The third-order valence-corrected chi connectivity index (χ3v) is 26.6. The molecule has 1 aliphatic heterocycles. The van der Waals surface area contributed by atoms with Crippen molar-refractivity contribution in [1.29, 1.82) is 0 Å². The molecule has 0 bridgehead atoms. The molecule has 13 rings (SSSR count). The largest absolute Gasteiger partial charge is 2.00 e. The Balaban J connectivity index is 0.000000440. The van der Waals surface area contributed by atoms with Gasteiger partial charge in [-0.3, -0.25) is 9.59 Å². The molecule has 6 heterocycles. The van der Waals surface area contributed by atoms with Gasteiger partial charge < -0.3 is 21.8 Å². The second-order valence-corrected chi connectivity index (χ2v) is 36.0. The van der Waals surface area contributed by atoms with Crippen molar-refractivity contribution in [3.8, 4) is 0 Å². The van der Waals surface area contributed by atoms with Gasteiger partial charge in [-0.2, -0.15) is 41.9 Å². The van der Waals surface area contributed by atoms with Crippen LogP contribution in [0, 0.1) is 6.07 Å². The number of aldehydes is 2. The van der Waals surface area contributed by atoms with Crippen molar-refractivity contribution >= 4 is 222 Å². The van der Waals surface area contributed by atoms with Gasteiger partial charge in [0.15, 0.2) is 12.1 Å². The van der Waals surface area contributed by atoms with Gasteiger partial charge in [0.1, 0.15) is 29.3 Å². The molecule has 574 valence electrons. The summed E-state index contributed by atoms with van der Waals surface area (Å²) in [6.45, 7) is 6.31. The Morgan fingerprint density at radius 1 is 0.555 bits per heavy atom. The monoisotopic (exact) mass is 1960 g/mol. The molecule has 1 saturated heterocycles. The zero-order chi connectivity index (χ0) is 78.4. The van der Waals surface area contributed by atoms with Gasteiger partial charge in [-0.05, 0) is 218 Å². The summed E-state index contributed by atoms with van der Waals surface area (Å²) < 4.78 is 14.3. The fraction of sp³-hybridized carbons (Fsp3) is 0.167. The maximum atomic E-state index is 12.0. The minimum Gasteiger partial charge on any atom is -1.00 e. The molecule has 7 aromatic carbocycles. The maximum Gasteiger partial charge on any atom is 2.00 e. The summed E-state index contributed by atoms with van der Waals surface area (Å²) >= 11 is 47.3. The summed E-state index contributed by atoms with van der Waals surface area (Å²) in [5.41, 5.74) is 13.1. The van der Waals surface area contributed by atoms with Gasteiger partial charge in [0.25, 0.3) is 0 Å². The van der Waals surface area contributed by atoms with Crippen LogP contribution in [-0.2, 0) is 40.0 Å². The van der Waals surface area contributed by atoms with E-state index < -0.39 is 12.1 Å². The van der Waals surface area contributed by atoms with E-state index in [9.17, 15) is 19.5 Å². The molecule has 110 heavy (non-hydrogen) atoms. The summed E-state index contributed by atoms with van der Waals surface area (Å²) in [5, 5.41) is 16.1. The van der Waals surface area contributed by atoms with Gasteiger partial charge in [-0.25, -0.2) is 24.9 Å². The first-order valence-corrected chi connectivity index (χ1v) is 44.3. The molecule has 12 nitrogen and oxygen atoms in total. The van der Waals surface area contributed by atoms with Crippen molar-refractivity contribution in [1.82, 2.24) is 24.9 Å². The molecule has 5 aromatic heterocycles. The Morgan fingerprint density at radius 2 is 0.964 bits per heavy atom. The minimum atomic E-state index is -3.18. The zero-order valence-corrected chi connectivity index (χ0v) is 76.2. The molecule has 1 fully saturated rings. The molecule has 1 aliphatic rings. The Hall–Kier alpha value is -5.09. The van der Waals surface area contributed by atoms with Crippen molar-refractivity contribution < 1.29 is 30.4 Å². The number of aliphatic hydroxyl groups excluding tert-OH is 1. The number of hydrogen-bond donors (Lipinski definition) is 2. The second-order valence-electron chi connectivity index (χ2n) is 23.1. The number of aliphatic hydroxyl groups is 1. The average Bonchev–Trinajstić information content (AvgIpc) is 0.946. The van der Waals surface area contributed by atoms with Gasteiger partial charge in [0, 0.05) is 95.7 Å². The van der Waals surface area contributed by atoms with Crippen LogP contribution in [0.5, 0.6) is 0 Å². The number of rotatable bonds is 17. The average molecular weight is 1970 g/mol. The summed E-state index contributed by atoms with van der Waals surface area (Å²) in [5.74, 6) is -3.15. The molecule has 0 spiro atoms. The molecular formula is C84H83Br5Cl6MgN6O6P2. The molecule has 0 radical (unpaired) electrons. The predicted octanol–water partition coefficient (Wildman–Crippen LogP) is 23.0. The molecule has 12 aromatic rings. The van der Waals surface area contributed by atoms with Crippen LogP contribution < -0.4 is 21.6 Å². The van der Waals surface area contributed by atoms with Crippen molar-refractivity contribution in [2.24, 2.45) is 5.73 Å². The van der Waals surface area contributed by atoms with Crippen molar-refractivity contribution in [3.63, 3.8) is 0 Å². The Bertz CT molecular complexity index is 4420. The molecule has 3 N–H and O–H groups in total. The first-order valence-electron chi connectivity index (χ1n) is 33.5. The van der Waals surface area contributed by atoms with E-state index in [1.165, 1.54) is 12.8 Å². The van der Waals surface area contributed by atoms with Crippen LogP contribution in [-0.4, -0.2) is 111 Å². The standard InChI is InChI=1S/C20H20ClOP.C13H12BrClN2.C13H11BrClNO.C13H9BrClNO.C7H6BrNO.C6H4BrNO.C6H4Cl.C4H8O.C2H7P.ClH.Mg.H/c1-22-17-23(21,18-11-5-2-6-12-18,19-13-7-3-8-14-19)20-15-9-4-10-16-20;14-13-10(4-2-6-17-13)8-12(16)9-3-1-5-11(15)7-9;2*14-13-10(4-2-6-16-13)8-12(17)9-3-1-5-11(15)7-9;8-7-6(3-5-10)2-1-4-9-7;7-6-5(4-9)2-1-3-8-6;7-6-4-2-1-3-5-6;1-2-4-5-3-1;1-3-2;;;/h2-16H,17H2,1H3;1-7,12H,8,16H2;1-7,12,17H,8H2;1-7H,8H2;1-2,4-5H,3H2;1-4H;1-2,4-5H;1-4H2;3H,1-2H3;1H;;/q;;;;;;-1;;;;+2;-1. The number of aromatic nitrogens is 5. The smallest absolute Gasteiger partial charge is 1.00 e. The van der Waals surface area contributed by atoms with E-state index in [0.29, 0.717) is 61.0 Å². The number of ether oxygens (including phenoxy) is 2. The van der Waals surface area contributed by atoms with Crippen LogP contribution in [0.3, 0.4) is 0 Å². The van der Waals surface area contributed by atoms with Crippen molar-refractivity contribution in [2.45, 2.75) is 50.7 Å². The maximum absolute atomic E-state index is 12.0. The summed E-state index contributed by atoms with van der Waals surface area (Å²) in [4.78, 5) is 52.4. The van der Waals surface area contributed by atoms with Crippen LogP contribution in [0.15, 0.2) is 303 Å². The number of carbonyl (C=O) groups is 3. The van der Waals surface area contributed by atoms with Crippen LogP contribution in [0.1, 0.15) is 80.5 Å². The topological polar surface area (TPSA) is 180 Å². The number of halogens is 11. The van der Waals surface area contributed by atoms with Crippen molar-refractivity contribution in [2.75, 3.05) is 40.0 Å². The van der Waals surface area contributed by atoms with Gasteiger partial charge in [0.2, 0.25) is 0 Å². The van der Waals surface area contributed by atoms with E-state index in [-0.39, 0.29) is 48.7 Å². The Labute approximate surface area is 738 Å². The van der Waals surface area contributed by atoms with E-state index in [4.69, 9.17) is 72.9 Å². The molecule has 2 unspecified atom stereocenters. The van der Waals surface area contributed by atoms with Gasteiger partial charge in [-0.15, -0.1) is 21.0 Å². The second kappa shape index (κ2) is 56.2. The normalized spacial score (nSPS) is 11.6. The molecular weight excluding hydrogens is 1890 g/mol. The van der Waals surface area contributed by atoms with E-state index in [1.807, 2.05) is 158 Å². The number of pyridine rings is 5. The number of hydrogen-bond acceptors (Lipinski definition) is 12. The predicted molar refractivity (Wildman–Crippen MR) is 484 cm³/mol.